The molecule has 1 aromatic rings. The summed E-state index contributed by atoms with van der Waals surface area (Å²) in [6.07, 6.45) is 2.70. The highest BCUT2D eigenvalue weighted by atomic mass is 32.1. The molecule has 0 saturated carbocycles. The molecule has 0 aliphatic carbocycles. The second kappa shape index (κ2) is 7.45. The topological polar surface area (TPSA) is 55.1 Å². The van der Waals surface area contributed by atoms with Crippen LogP contribution in [0.15, 0.2) is 17.5 Å². The normalized spacial score (nSPS) is 14.3. The number of carbonyl (C=O) groups excluding carboxylic acids is 1. The first-order valence-electron chi connectivity index (χ1n) is 6.22. The van der Waals surface area contributed by atoms with E-state index >= 15 is 0 Å². The maximum Gasteiger partial charge on any atom is 0.223 e. The Hall–Kier alpha value is -0.870. The van der Waals surface area contributed by atoms with Crippen molar-refractivity contribution in [3.8, 4) is 0 Å². The first-order chi connectivity index (χ1) is 8.19. The molecule has 1 aromatic heterocycles. The van der Waals surface area contributed by atoms with Gasteiger partial charge in [0, 0.05) is 10.8 Å². The SMILES string of the molecule is CCC(NC(=O)C(C)CCCN)c1cccs1. The average molecular weight is 254 g/mol. The average Bonchev–Trinajstić information content (AvgIpc) is 2.86. The number of hydrogen-bond acceptors (Lipinski definition) is 3. The van der Waals surface area contributed by atoms with Crippen LogP contribution in [0.3, 0.4) is 0 Å². The lowest BCUT2D eigenvalue weighted by Crippen LogP contribution is -2.32. The van der Waals surface area contributed by atoms with E-state index in [9.17, 15) is 4.79 Å². The van der Waals surface area contributed by atoms with Gasteiger partial charge in [-0.15, -0.1) is 11.3 Å². The summed E-state index contributed by atoms with van der Waals surface area (Å²) in [5.41, 5.74) is 5.45. The molecular weight excluding hydrogens is 232 g/mol. The Kier molecular flexibility index (Phi) is 6.22. The Morgan fingerprint density at radius 1 is 1.59 bits per heavy atom. The first kappa shape index (κ1) is 14.2. The second-order valence-corrected chi connectivity index (χ2v) is 5.30. The zero-order chi connectivity index (χ0) is 12.7. The third-order valence-corrected chi connectivity index (χ3v) is 3.89. The van der Waals surface area contributed by atoms with Gasteiger partial charge in [-0.2, -0.15) is 0 Å². The van der Waals surface area contributed by atoms with Crippen LogP contribution < -0.4 is 11.1 Å². The molecule has 2 unspecified atom stereocenters. The molecule has 2 atom stereocenters. The molecule has 3 nitrogen and oxygen atoms in total. The van der Waals surface area contributed by atoms with Crippen molar-refractivity contribution in [3.05, 3.63) is 22.4 Å². The molecule has 4 heteroatoms. The van der Waals surface area contributed by atoms with Crippen LogP contribution in [0, 0.1) is 5.92 Å². The number of thiophene rings is 1. The molecule has 0 aromatic carbocycles. The Morgan fingerprint density at radius 3 is 2.88 bits per heavy atom. The third kappa shape index (κ3) is 4.48. The van der Waals surface area contributed by atoms with E-state index in [0.717, 1.165) is 19.3 Å². The number of hydrogen-bond donors (Lipinski definition) is 2. The van der Waals surface area contributed by atoms with Crippen molar-refractivity contribution in [3.63, 3.8) is 0 Å². The van der Waals surface area contributed by atoms with Gasteiger partial charge in [-0.25, -0.2) is 0 Å². The van der Waals surface area contributed by atoms with E-state index in [1.165, 1.54) is 4.88 Å². The molecule has 1 amide bonds. The molecule has 0 fully saturated rings. The van der Waals surface area contributed by atoms with Crippen LogP contribution in [0.25, 0.3) is 0 Å². The van der Waals surface area contributed by atoms with Gasteiger partial charge in [-0.3, -0.25) is 4.79 Å². The van der Waals surface area contributed by atoms with Crippen molar-refractivity contribution >= 4 is 17.2 Å². The van der Waals surface area contributed by atoms with Crippen molar-refractivity contribution in [2.24, 2.45) is 11.7 Å². The summed E-state index contributed by atoms with van der Waals surface area (Å²) in [6, 6.07) is 4.25. The summed E-state index contributed by atoms with van der Waals surface area (Å²) >= 11 is 1.69. The van der Waals surface area contributed by atoms with Gasteiger partial charge in [0.2, 0.25) is 5.91 Å². The molecule has 96 valence electrons. The van der Waals surface area contributed by atoms with Gasteiger partial charge in [0.15, 0.2) is 0 Å². The second-order valence-electron chi connectivity index (χ2n) is 4.32. The number of amides is 1. The Balaban J connectivity index is 2.48. The lowest BCUT2D eigenvalue weighted by molar-refractivity contribution is -0.125. The molecule has 0 bridgehead atoms. The number of nitrogens with one attached hydrogen (secondary N) is 1. The van der Waals surface area contributed by atoms with E-state index < -0.39 is 0 Å². The maximum absolute atomic E-state index is 12.0. The Labute approximate surface area is 107 Å². The Bertz CT molecular complexity index is 324. The molecule has 17 heavy (non-hydrogen) atoms. The smallest absolute Gasteiger partial charge is 0.223 e. The van der Waals surface area contributed by atoms with E-state index in [1.807, 2.05) is 18.4 Å². The highest BCUT2D eigenvalue weighted by Gasteiger charge is 2.17. The van der Waals surface area contributed by atoms with Gasteiger partial charge in [0.25, 0.3) is 0 Å². The van der Waals surface area contributed by atoms with Crippen LogP contribution in [-0.4, -0.2) is 12.5 Å². The number of rotatable bonds is 7. The van der Waals surface area contributed by atoms with E-state index in [4.69, 9.17) is 5.73 Å². The molecular formula is C13H22N2OS. The van der Waals surface area contributed by atoms with Crippen LogP contribution in [0.1, 0.15) is 44.0 Å². The zero-order valence-corrected chi connectivity index (χ0v) is 11.4. The monoisotopic (exact) mass is 254 g/mol. The molecule has 0 spiro atoms. The van der Waals surface area contributed by atoms with Crippen molar-refractivity contribution in [1.29, 1.82) is 0 Å². The van der Waals surface area contributed by atoms with Crippen molar-refractivity contribution < 1.29 is 4.79 Å². The van der Waals surface area contributed by atoms with Crippen molar-refractivity contribution in [2.75, 3.05) is 6.54 Å². The lowest BCUT2D eigenvalue weighted by atomic mass is 10.0. The van der Waals surface area contributed by atoms with Crippen molar-refractivity contribution in [1.82, 2.24) is 5.32 Å². The lowest BCUT2D eigenvalue weighted by Gasteiger charge is -2.18. The van der Waals surface area contributed by atoms with Crippen LogP contribution in [0.5, 0.6) is 0 Å². The van der Waals surface area contributed by atoms with Crippen LogP contribution in [0.4, 0.5) is 0 Å². The van der Waals surface area contributed by atoms with Gasteiger partial charge < -0.3 is 11.1 Å². The van der Waals surface area contributed by atoms with E-state index in [2.05, 4.69) is 18.3 Å². The maximum atomic E-state index is 12.0. The van der Waals surface area contributed by atoms with Gasteiger partial charge in [0.05, 0.1) is 6.04 Å². The summed E-state index contributed by atoms with van der Waals surface area (Å²) in [7, 11) is 0. The molecule has 0 aliphatic heterocycles. The van der Waals surface area contributed by atoms with Gasteiger partial charge >= 0.3 is 0 Å². The van der Waals surface area contributed by atoms with Crippen LogP contribution in [0.2, 0.25) is 0 Å². The number of nitrogens with two attached hydrogens (primary N) is 1. The minimum atomic E-state index is 0.0487. The fourth-order valence-corrected chi connectivity index (χ4v) is 2.59. The summed E-state index contributed by atoms with van der Waals surface area (Å²) in [6.45, 7) is 4.71. The van der Waals surface area contributed by atoms with Crippen molar-refractivity contribution in [2.45, 2.75) is 39.2 Å². The summed E-state index contributed by atoms with van der Waals surface area (Å²) in [5, 5.41) is 5.15. The molecule has 0 saturated heterocycles. The Morgan fingerprint density at radius 2 is 2.35 bits per heavy atom. The van der Waals surface area contributed by atoms with E-state index in [-0.39, 0.29) is 17.9 Å². The summed E-state index contributed by atoms with van der Waals surface area (Å²) in [4.78, 5) is 13.2. The quantitative estimate of drug-likeness (QED) is 0.786. The molecule has 1 heterocycles. The zero-order valence-electron chi connectivity index (χ0n) is 10.6. The number of carbonyl (C=O) groups is 1. The van der Waals surface area contributed by atoms with Gasteiger partial charge in [-0.1, -0.05) is 19.9 Å². The highest BCUT2D eigenvalue weighted by Crippen LogP contribution is 2.22. The predicted molar refractivity (Wildman–Crippen MR) is 72.9 cm³/mol. The summed E-state index contributed by atoms with van der Waals surface area (Å²) in [5.74, 6) is 0.186. The van der Waals surface area contributed by atoms with Crippen LogP contribution >= 0.6 is 11.3 Å². The van der Waals surface area contributed by atoms with Gasteiger partial charge in [0.1, 0.15) is 0 Å². The summed E-state index contributed by atoms with van der Waals surface area (Å²) < 4.78 is 0. The highest BCUT2D eigenvalue weighted by molar-refractivity contribution is 7.10. The standard InChI is InChI=1S/C13H22N2OS/c1-3-11(12-7-5-9-17-12)15-13(16)10(2)6-4-8-14/h5,7,9-11H,3-4,6,8,14H2,1-2H3,(H,15,16). The minimum absolute atomic E-state index is 0.0487. The molecule has 3 N–H and O–H groups in total. The minimum Gasteiger partial charge on any atom is -0.348 e. The fraction of sp³-hybridized carbons (Fsp3) is 0.615. The predicted octanol–water partition coefficient (Wildman–Crippen LogP) is 2.69. The van der Waals surface area contributed by atoms with E-state index in [1.54, 1.807) is 11.3 Å². The largest absolute Gasteiger partial charge is 0.348 e. The van der Waals surface area contributed by atoms with Crippen LogP contribution in [-0.2, 0) is 4.79 Å². The third-order valence-electron chi connectivity index (χ3n) is 2.90. The molecule has 0 radical (unpaired) electrons. The fourth-order valence-electron chi connectivity index (χ4n) is 1.73. The van der Waals surface area contributed by atoms with E-state index in [0.29, 0.717) is 6.54 Å². The first-order valence-corrected chi connectivity index (χ1v) is 7.10. The molecule has 1 rings (SSSR count). The molecule has 0 aliphatic rings. The van der Waals surface area contributed by atoms with Gasteiger partial charge in [-0.05, 0) is 37.3 Å².